The fourth-order valence-corrected chi connectivity index (χ4v) is 4.25. The van der Waals surface area contributed by atoms with E-state index in [1.54, 1.807) is 19.9 Å². The minimum Gasteiger partial charge on any atom is -0.459 e. The van der Waals surface area contributed by atoms with Crippen molar-refractivity contribution in [2.45, 2.75) is 72.0 Å². The van der Waals surface area contributed by atoms with E-state index < -0.39 is 5.60 Å². The lowest BCUT2D eigenvalue weighted by Crippen LogP contribution is -2.54. The molecule has 2 aliphatic rings. The lowest BCUT2D eigenvalue weighted by molar-refractivity contribution is -0.175. The number of Topliss-reactive ketones (excluding diaryl/α,β-unsaturated/α-hetero) is 1. The molecule has 2 rings (SSSR count). The first-order chi connectivity index (χ1) is 10.1. The van der Waals surface area contributed by atoms with E-state index in [2.05, 4.69) is 0 Å². The molecule has 2 saturated carbocycles. The number of aliphatic hydroxyl groups is 1. The van der Waals surface area contributed by atoms with Crippen LogP contribution in [0.3, 0.4) is 0 Å². The Labute approximate surface area is 132 Å². The van der Waals surface area contributed by atoms with Gasteiger partial charge in [0.05, 0.1) is 5.60 Å². The summed E-state index contributed by atoms with van der Waals surface area (Å²) in [5.41, 5.74) is -0.594. The van der Waals surface area contributed by atoms with E-state index in [1.807, 2.05) is 20.8 Å². The summed E-state index contributed by atoms with van der Waals surface area (Å²) in [5, 5.41) is 11.1. The number of esters is 1. The fraction of sp³-hybridized carbons (Fsp3) is 0.778. The van der Waals surface area contributed by atoms with Crippen molar-refractivity contribution in [1.29, 1.82) is 0 Å². The Hall–Kier alpha value is -1.16. The minimum atomic E-state index is -0.818. The van der Waals surface area contributed by atoms with E-state index in [4.69, 9.17) is 4.74 Å². The summed E-state index contributed by atoms with van der Waals surface area (Å²) < 4.78 is 5.67. The minimum absolute atomic E-state index is 0.0317. The molecular weight excluding hydrogens is 280 g/mol. The number of hydrogen-bond acceptors (Lipinski definition) is 4. The van der Waals surface area contributed by atoms with Crippen LogP contribution in [0.1, 0.15) is 60.3 Å². The number of allylic oxidation sites excluding steroid dienone is 1. The normalized spacial score (nSPS) is 41.9. The molecule has 5 unspecified atom stereocenters. The fourth-order valence-electron chi connectivity index (χ4n) is 4.25. The zero-order valence-electron chi connectivity index (χ0n) is 14.3. The molecule has 4 nitrogen and oxygen atoms in total. The molecule has 124 valence electrons. The van der Waals surface area contributed by atoms with Gasteiger partial charge in [-0.1, -0.05) is 19.9 Å². The largest absolute Gasteiger partial charge is 0.459 e. The van der Waals surface area contributed by atoms with Gasteiger partial charge in [0.2, 0.25) is 0 Å². The van der Waals surface area contributed by atoms with E-state index in [9.17, 15) is 14.7 Å². The quantitative estimate of drug-likeness (QED) is 0.643. The number of ketones is 1. The third-order valence-electron chi connectivity index (χ3n) is 6.31. The van der Waals surface area contributed by atoms with E-state index in [0.29, 0.717) is 31.3 Å². The molecular formula is C18H28O4. The predicted molar refractivity (Wildman–Crippen MR) is 84.2 cm³/mol. The van der Waals surface area contributed by atoms with E-state index in [1.165, 1.54) is 0 Å². The third kappa shape index (κ3) is 2.62. The first-order valence-electron chi connectivity index (χ1n) is 8.21. The summed E-state index contributed by atoms with van der Waals surface area (Å²) in [6, 6.07) is 0. The Morgan fingerprint density at radius 2 is 1.91 bits per heavy atom. The van der Waals surface area contributed by atoms with Crippen LogP contribution in [0, 0.1) is 17.3 Å². The average molecular weight is 308 g/mol. The maximum Gasteiger partial charge on any atom is 0.333 e. The van der Waals surface area contributed by atoms with Crippen LogP contribution in [0.25, 0.3) is 0 Å². The molecule has 1 N–H and O–H groups in total. The van der Waals surface area contributed by atoms with Gasteiger partial charge in [-0.3, -0.25) is 4.79 Å². The molecule has 0 spiro atoms. The molecule has 0 saturated heterocycles. The van der Waals surface area contributed by atoms with Crippen LogP contribution < -0.4 is 0 Å². The number of rotatable bonds is 3. The molecule has 22 heavy (non-hydrogen) atoms. The summed E-state index contributed by atoms with van der Waals surface area (Å²) in [7, 11) is 0. The van der Waals surface area contributed by atoms with Gasteiger partial charge in [0, 0.05) is 22.8 Å². The molecule has 0 amide bonds. The molecule has 0 aromatic carbocycles. The van der Waals surface area contributed by atoms with E-state index >= 15 is 0 Å². The highest BCUT2D eigenvalue weighted by Crippen LogP contribution is 2.60. The van der Waals surface area contributed by atoms with E-state index in [0.717, 1.165) is 0 Å². The van der Waals surface area contributed by atoms with Crippen LogP contribution in [0.15, 0.2) is 11.6 Å². The van der Waals surface area contributed by atoms with Crippen LogP contribution in [0.4, 0.5) is 0 Å². The second kappa shape index (κ2) is 5.80. The molecule has 2 fully saturated rings. The Kier molecular flexibility index (Phi) is 4.54. The Morgan fingerprint density at radius 3 is 2.45 bits per heavy atom. The Balaban J connectivity index is 2.19. The number of ether oxygens (including phenoxy) is 1. The molecule has 2 aliphatic carbocycles. The van der Waals surface area contributed by atoms with Gasteiger partial charge >= 0.3 is 5.97 Å². The van der Waals surface area contributed by atoms with Gasteiger partial charge in [0.25, 0.3) is 0 Å². The lowest BCUT2D eigenvalue weighted by Gasteiger charge is -2.51. The summed E-state index contributed by atoms with van der Waals surface area (Å²) in [4.78, 5) is 23.8. The summed E-state index contributed by atoms with van der Waals surface area (Å²) in [6.07, 6.45) is 4.01. The van der Waals surface area contributed by atoms with Crippen molar-refractivity contribution in [3.63, 3.8) is 0 Å². The van der Waals surface area contributed by atoms with Crippen LogP contribution in [0.2, 0.25) is 0 Å². The van der Waals surface area contributed by atoms with Crippen LogP contribution in [0.5, 0.6) is 0 Å². The van der Waals surface area contributed by atoms with Crippen LogP contribution in [-0.2, 0) is 14.3 Å². The maximum atomic E-state index is 12.0. The van der Waals surface area contributed by atoms with Gasteiger partial charge in [0.15, 0.2) is 0 Å². The highest BCUT2D eigenvalue weighted by Gasteiger charge is 2.61. The first kappa shape index (κ1) is 17.2. The van der Waals surface area contributed by atoms with Gasteiger partial charge in [-0.2, -0.15) is 0 Å². The van der Waals surface area contributed by atoms with Crippen molar-refractivity contribution in [3.8, 4) is 0 Å². The predicted octanol–water partition coefficient (Wildman–Crippen LogP) is 3.03. The van der Waals surface area contributed by atoms with Crippen molar-refractivity contribution < 1.29 is 19.4 Å². The zero-order valence-corrected chi connectivity index (χ0v) is 14.3. The second-order valence-electron chi connectivity index (χ2n) is 7.41. The van der Waals surface area contributed by atoms with Crippen LogP contribution >= 0.6 is 0 Å². The van der Waals surface area contributed by atoms with Gasteiger partial charge in [-0.15, -0.1) is 0 Å². The van der Waals surface area contributed by atoms with Crippen LogP contribution in [-0.4, -0.2) is 28.6 Å². The van der Waals surface area contributed by atoms with Gasteiger partial charge < -0.3 is 9.84 Å². The molecule has 0 radical (unpaired) electrons. The number of carbonyl (C=O) groups excluding carboxylic acids is 2. The van der Waals surface area contributed by atoms with Crippen molar-refractivity contribution >= 4 is 11.8 Å². The van der Waals surface area contributed by atoms with Gasteiger partial charge in [-0.25, -0.2) is 4.79 Å². The molecule has 0 aliphatic heterocycles. The summed E-state index contributed by atoms with van der Waals surface area (Å²) in [6.45, 7) is 9.25. The molecule has 4 heteroatoms. The Morgan fingerprint density at radius 1 is 1.27 bits per heavy atom. The smallest absolute Gasteiger partial charge is 0.333 e. The summed E-state index contributed by atoms with van der Waals surface area (Å²) in [5.74, 6) is -0.183. The number of hydrogen-bond donors (Lipinski definition) is 1. The third-order valence-corrected chi connectivity index (χ3v) is 6.31. The monoisotopic (exact) mass is 308 g/mol. The van der Waals surface area contributed by atoms with E-state index in [-0.39, 0.29) is 35.1 Å². The van der Waals surface area contributed by atoms with Gasteiger partial charge in [0.1, 0.15) is 11.9 Å². The standard InChI is InChI=1S/C18H28O4/c1-6-11(2)16(20)22-15-7-8-18(21)10-14(13(4)19)9-17(18,5)12(15)3/h6,12,14-15,21H,7-10H2,1-5H3. The zero-order chi connectivity index (χ0) is 16.7. The van der Waals surface area contributed by atoms with Crippen molar-refractivity contribution in [3.05, 3.63) is 11.6 Å². The molecule has 5 atom stereocenters. The molecule has 0 aromatic rings. The highest BCUT2D eigenvalue weighted by atomic mass is 16.5. The maximum absolute atomic E-state index is 12.0. The highest BCUT2D eigenvalue weighted by molar-refractivity contribution is 5.87. The van der Waals surface area contributed by atoms with Crippen molar-refractivity contribution in [1.82, 2.24) is 0 Å². The first-order valence-corrected chi connectivity index (χ1v) is 8.21. The van der Waals surface area contributed by atoms with Crippen molar-refractivity contribution in [2.24, 2.45) is 17.3 Å². The topological polar surface area (TPSA) is 63.6 Å². The summed E-state index contributed by atoms with van der Waals surface area (Å²) >= 11 is 0. The molecule has 0 aromatic heterocycles. The molecule has 0 bridgehead atoms. The average Bonchev–Trinajstić information content (AvgIpc) is 2.75. The second-order valence-corrected chi connectivity index (χ2v) is 7.41. The lowest BCUT2D eigenvalue weighted by atomic mass is 9.59. The van der Waals surface area contributed by atoms with Gasteiger partial charge in [-0.05, 0) is 46.5 Å². The Bertz CT molecular complexity index is 509. The number of carbonyl (C=O) groups is 2. The molecule has 0 heterocycles. The number of fused-ring (bicyclic) bond motifs is 1. The van der Waals surface area contributed by atoms with Crippen molar-refractivity contribution in [2.75, 3.05) is 0 Å². The SMILES string of the molecule is CC=C(C)C(=O)OC1CCC2(O)CC(C(C)=O)CC2(C)C1C.